The molecule has 0 saturated carbocycles. The van der Waals surface area contributed by atoms with E-state index >= 15 is 0 Å². The Morgan fingerprint density at radius 2 is 2.00 bits per heavy atom. The van der Waals surface area contributed by atoms with Gasteiger partial charge in [-0.25, -0.2) is 12.8 Å². The fourth-order valence-electron chi connectivity index (χ4n) is 2.45. The molecule has 6 nitrogen and oxygen atoms in total. The maximum Gasteiger partial charge on any atom is 0.247 e. The Bertz CT molecular complexity index is 950. The Balaban J connectivity index is 2.27. The number of sulfonamides is 1. The van der Waals surface area contributed by atoms with Gasteiger partial charge in [0.1, 0.15) is 16.5 Å². The molecule has 146 valence electrons. The number of carbonyl (C=O) groups excluding carboxylic acids is 1. The van der Waals surface area contributed by atoms with Gasteiger partial charge in [-0.2, -0.15) is 4.31 Å². The van der Waals surface area contributed by atoms with Gasteiger partial charge >= 0.3 is 0 Å². The second-order valence-electron chi connectivity index (χ2n) is 5.69. The molecule has 0 spiro atoms. The van der Waals surface area contributed by atoms with Crippen LogP contribution in [0.15, 0.2) is 41.3 Å². The number of benzene rings is 2. The van der Waals surface area contributed by atoms with Crippen LogP contribution < -0.4 is 10.1 Å². The molecule has 0 fully saturated rings. The summed E-state index contributed by atoms with van der Waals surface area (Å²) in [6, 6.07) is 8.23. The Morgan fingerprint density at radius 3 is 2.63 bits per heavy atom. The van der Waals surface area contributed by atoms with Crippen molar-refractivity contribution in [3.8, 4) is 5.75 Å². The van der Waals surface area contributed by atoms with Crippen molar-refractivity contribution in [1.29, 1.82) is 0 Å². The molecular formula is C18H20ClFN2O4S. The zero-order chi connectivity index (χ0) is 20.2. The van der Waals surface area contributed by atoms with Crippen LogP contribution >= 0.6 is 11.6 Å². The van der Waals surface area contributed by atoms with Gasteiger partial charge in [0.2, 0.25) is 15.9 Å². The van der Waals surface area contributed by atoms with Gasteiger partial charge in [0.25, 0.3) is 0 Å². The third kappa shape index (κ3) is 4.77. The van der Waals surface area contributed by atoms with Crippen LogP contribution in [0, 0.1) is 12.7 Å². The summed E-state index contributed by atoms with van der Waals surface area (Å²) in [5, 5.41) is 3.13. The Kier molecular flexibility index (Phi) is 6.80. The predicted octanol–water partition coefficient (Wildman–Crippen LogP) is 3.45. The van der Waals surface area contributed by atoms with Crippen molar-refractivity contribution in [1.82, 2.24) is 4.31 Å². The highest BCUT2D eigenvalue weighted by Gasteiger charge is 2.29. The van der Waals surface area contributed by atoms with Crippen LogP contribution in [0.25, 0.3) is 0 Å². The third-order valence-electron chi connectivity index (χ3n) is 3.96. The lowest BCUT2D eigenvalue weighted by molar-refractivity contribution is -0.116. The van der Waals surface area contributed by atoms with E-state index in [4.69, 9.17) is 16.3 Å². The molecule has 0 aliphatic carbocycles. The summed E-state index contributed by atoms with van der Waals surface area (Å²) >= 11 is 6.02. The van der Waals surface area contributed by atoms with Crippen LogP contribution in [-0.4, -0.2) is 38.8 Å². The summed E-state index contributed by atoms with van der Waals surface area (Å²) in [7, 11) is -2.85. The second-order valence-corrected chi connectivity index (χ2v) is 8.00. The number of amides is 1. The molecule has 1 N–H and O–H groups in total. The number of hydrogen-bond acceptors (Lipinski definition) is 4. The Labute approximate surface area is 162 Å². The van der Waals surface area contributed by atoms with E-state index in [1.54, 1.807) is 32.0 Å². The van der Waals surface area contributed by atoms with E-state index in [2.05, 4.69) is 5.32 Å². The first kappa shape index (κ1) is 21.1. The van der Waals surface area contributed by atoms with E-state index in [0.29, 0.717) is 16.3 Å². The van der Waals surface area contributed by atoms with Crippen molar-refractivity contribution in [2.45, 2.75) is 18.7 Å². The Hall–Kier alpha value is -2.16. The van der Waals surface area contributed by atoms with Gasteiger partial charge in [-0.3, -0.25) is 4.79 Å². The normalized spacial score (nSPS) is 11.5. The number of halogens is 2. The number of rotatable bonds is 7. The van der Waals surface area contributed by atoms with Crippen LogP contribution in [-0.2, 0) is 14.8 Å². The van der Waals surface area contributed by atoms with Crippen LogP contribution in [0.5, 0.6) is 5.75 Å². The quantitative estimate of drug-likeness (QED) is 0.753. The highest BCUT2D eigenvalue weighted by molar-refractivity contribution is 7.89. The molecule has 2 aromatic carbocycles. The summed E-state index contributed by atoms with van der Waals surface area (Å²) in [5.41, 5.74) is 1.16. The fourth-order valence-corrected chi connectivity index (χ4v) is 4.20. The minimum Gasteiger partial charge on any atom is -0.495 e. The molecule has 0 aliphatic heterocycles. The number of nitrogens with one attached hydrogen (secondary N) is 1. The topological polar surface area (TPSA) is 75.7 Å². The molecule has 0 unspecified atom stereocenters. The number of ether oxygens (including phenoxy) is 1. The molecule has 0 bridgehead atoms. The Morgan fingerprint density at radius 1 is 1.30 bits per heavy atom. The number of hydrogen-bond donors (Lipinski definition) is 1. The smallest absolute Gasteiger partial charge is 0.247 e. The number of likely N-dealkylation sites (N-methyl/N-ethyl adjacent to an activating group) is 1. The lowest BCUT2D eigenvalue weighted by atomic mass is 10.2. The van der Waals surface area contributed by atoms with Gasteiger partial charge in [-0.05, 0) is 42.8 Å². The lowest BCUT2D eigenvalue weighted by Gasteiger charge is -2.21. The summed E-state index contributed by atoms with van der Waals surface area (Å²) < 4.78 is 45.3. The van der Waals surface area contributed by atoms with Crippen LogP contribution in [0.1, 0.15) is 12.5 Å². The maximum absolute atomic E-state index is 13.6. The van der Waals surface area contributed by atoms with Crippen molar-refractivity contribution in [2.75, 3.05) is 25.5 Å². The van der Waals surface area contributed by atoms with Crippen LogP contribution in [0.3, 0.4) is 0 Å². The third-order valence-corrected chi connectivity index (χ3v) is 6.31. The minimum absolute atomic E-state index is 0.000874. The molecule has 9 heteroatoms. The first-order valence-electron chi connectivity index (χ1n) is 8.09. The van der Waals surface area contributed by atoms with Gasteiger partial charge < -0.3 is 10.1 Å². The molecule has 27 heavy (non-hydrogen) atoms. The summed E-state index contributed by atoms with van der Waals surface area (Å²) in [6.07, 6.45) is 0. The SMILES string of the molecule is CCN(CC(=O)Nc1cccc(Cl)c1C)S(=O)(=O)c1cc(F)ccc1OC. The number of carbonyl (C=O) groups is 1. The van der Waals surface area contributed by atoms with Gasteiger partial charge in [-0.15, -0.1) is 0 Å². The number of nitrogens with zero attached hydrogens (tertiary/aromatic N) is 1. The van der Waals surface area contributed by atoms with Gasteiger partial charge in [0.15, 0.2) is 0 Å². The van der Waals surface area contributed by atoms with E-state index in [-0.39, 0.29) is 17.2 Å². The average molecular weight is 415 g/mol. The summed E-state index contributed by atoms with van der Waals surface area (Å²) in [4.78, 5) is 12.0. The lowest BCUT2D eigenvalue weighted by Crippen LogP contribution is -2.38. The molecule has 2 rings (SSSR count). The zero-order valence-corrected chi connectivity index (χ0v) is 16.7. The van der Waals surface area contributed by atoms with Gasteiger partial charge in [0.05, 0.1) is 13.7 Å². The van der Waals surface area contributed by atoms with Gasteiger partial charge in [0, 0.05) is 17.3 Å². The number of anilines is 1. The average Bonchev–Trinajstić information content (AvgIpc) is 2.63. The second kappa shape index (κ2) is 8.69. The van der Waals surface area contributed by atoms with E-state index in [1.165, 1.54) is 13.2 Å². The van der Waals surface area contributed by atoms with Gasteiger partial charge in [-0.1, -0.05) is 24.6 Å². The zero-order valence-electron chi connectivity index (χ0n) is 15.1. The molecule has 0 radical (unpaired) electrons. The van der Waals surface area contributed by atoms with E-state index in [9.17, 15) is 17.6 Å². The summed E-state index contributed by atoms with van der Waals surface area (Å²) in [5.74, 6) is -1.26. The summed E-state index contributed by atoms with van der Waals surface area (Å²) in [6.45, 7) is 2.90. The van der Waals surface area contributed by atoms with Crippen molar-refractivity contribution in [2.24, 2.45) is 0 Å². The highest BCUT2D eigenvalue weighted by atomic mass is 35.5. The molecule has 1 amide bonds. The van der Waals surface area contributed by atoms with Crippen LogP contribution in [0.4, 0.5) is 10.1 Å². The fraction of sp³-hybridized carbons (Fsp3) is 0.278. The standard InChI is InChI=1S/C18H20ClFN2O4S/c1-4-22(11-18(23)21-15-7-5-6-14(19)12(15)2)27(24,25)17-10-13(20)8-9-16(17)26-3/h5-10H,4,11H2,1-3H3,(H,21,23). The first-order valence-corrected chi connectivity index (χ1v) is 9.91. The van der Waals surface area contributed by atoms with E-state index in [0.717, 1.165) is 16.4 Å². The number of methoxy groups -OCH3 is 1. The van der Waals surface area contributed by atoms with Crippen molar-refractivity contribution in [3.63, 3.8) is 0 Å². The highest BCUT2D eigenvalue weighted by Crippen LogP contribution is 2.28. The minimum atomic E-state index is -4.14. The molecule has 0 aliphatic rings. The molecular weight excluding hydrogens is 395 g/mol. The van der Waals surface area contributed by atoms with Crippen molar-refractivity contribution in [3.05, 3.63) is 52.8 Å². The van der Waals surface area contributed by atoms with E-state index < -0.39 is 28.3 Å². The maximum atomic E-state index is 13.6. The molecule has 2 aromatic rings. The molecule has 0 aromatic heterocycles. The largest absolute Gasteiger partial charge is 0.495 e. The monoisotopic (exact) mass is 414 g/mol. The van der Waals surface area contributed by atoms with Crippen LogP contribution in [0.2, 0.25) is 5.02 Å². The molecule has 0 atom stereocenters. The first-order chi connectivity index (χ1) is 12.7. The molecule has 0 heterocycles. The molecule has 0 saturated heterocycles. The van der Waals surface area contributed by atoms with Crippen molar-refractivity contribution >= 4 is 33.2 Å². The predicted molar refractivity (Wildman–Crippen MR) is 102 cm³/mol. The van der Waals surface area contributed by atoms with E-state index in [1.807, 2.05) is 0 Å². The van der Waals surface area contributed by atoms with Crippen molar-refractivity contribution < 1.29 is 22.3 Å².